The Morgan fingerprint density at radius 1 is 1.32 bits per heavy atom. The highest BCUT2D eigenvalue weighted by atomic mass is 32.1. The molecule has 0 spiro atoms. The predicted molar refractivity (Wildman–Crippen MR) is 97.7 cm³/mol. The highest BCUT2D eigenvalue weighted by Crippen LogP contribution is 2.26. The minimum absolute atomic E-state index is 0.0451. The first kappa shape index (κ1) is 17.5. The molecule has 1 atom stereocenters. The van der Waals surface area contributed by atoms with Crippen LogP contribution in [0.5, 0.6) is 0 Å². The van der Waals surface area contributed by atoms with Gasteiger partial charge >= 0.3 is 0 Å². The Kier molecular flexibility index (Phi) is 5.43. The van der Waals surface area contributed by atoms with Gasteiger partial charge in [0.2, 0.25) is 5.91 Å². The number of aromatic nitrogens is 2. The van der Waals surface area contributed by atoms with E-state index in [1.807, 2.05) is 6.20 Å². The largest absolute Gasteiger partial charge is 0.338 e. The highest BCUT2D eigenvalue weighted by molar-refractivity contribution is 7.15. The van der Waals surface area contributed by atoms with Crippen LogP contribution < -0.4 is 5.32 Å². The van der Waals surface area contributed by atoms with Crippen molar-refractivity contribution in [1.29, 1.82) is 0 Å². The van der Waals surface area contributed by atoms with E-state index in [2.05, 4.69) is 29.1 Å². The molecule has 2 aromatic heterocycles. The zero-order valence-electron chi connectivity index (χ0n) is 14.4. The average Bonchev–Trinajstić information content (AvgIpc) is 3.11. The molecule has 25 heavy (non-hydrogen) atoms. The van der Waals surface area contributed by atoms with Gasteiger partial charge in [-0.05, 0) is 30.9 Å². The summed E-state index contributed by atoms with van der Waals surface area (Å²) in [6.45, 7) is 5.32. The van der Waals surface area contributed by atoms with E-state index < -0.39 is 0 Å². The third-order valence-electron chi connectivity index (χ3n) is 4.33. The normalized spacial score (nSPS) is 17.6. The highest BCUT2D eigenvalue weighted by Gasteiger charge is 2.29. The Bertz CT molecular complexity index is 745. The van der Waals surface area contributed by atoms with Gasteiger partial charge in [0.05, 0.1) is 5.92 Å². The number of rotatable bonds is 4. The van der Waals surface area contributed by atoms with Gasteiger partial charge < -0.3 is 10.2 Å². The van der Waals surface area contributed by atoms with Crippen LogP contribution in [0.1, 0.15) is 47.8 Å². The summed E-state index contributed by atoms with van der Waals surface area (Å²) in [4.78, 5) is 36.2. The third kappa shape index (κ3) is 4.22. The first-order valence-corrected chi connectivity index (χ1v) is 9.32. The molecular formula is C18H22N4O2S. The number of hydrogen-bond acceptors (Lipinski definition) is 5. The zero-order valence-corrected chi connectivity index (χ0v) is 15.3. The summed E-state index contributed by atoms with van der Waals surface area (Å²) in [7, 11) is 0. The van der Waals surface area contributed by atoms with Gasteiger partial charge in [-0.3, -0.25) is 14.6 Å². The minimum Gasteiger partial charge on any atom is -0.338 e. The number of likely N-dealkylation sites (tertiary alicyclic amines) is 1. The fourth-order valence-electron chi connectivity index (χ4n) is 2.87. The van der Waals surface area contributed by atoms with Crippen molar-refractivity contribution in [2.75, 3.05) is 18.4 Å². The molecule has 132 valence electrons. The first-order chi connectivity index (χ1) is 12.0. The van der Waals surface area contributed by atoms with Crippen molar-refractivity contribution in [2.24, 2.45) is 5.92 Å². The molecule has 2 amide bonds. The summed E-state index contributed by atoms with van der Waals surface area (Å²) in [6.07, 6.45) is 6.63. The number of thiazole rings is 1. The van der Waals surface area contributed by atoms with E-state index in [0.717, 1.165) is 17.7 Å². The van der Waals surface area contributed by atoms with Gasteiger partial charge in [-0.2, -0.15) is 0 Å². The second-order valence-electron chi connectivity index (χ2n) is 6.54. The summed E-state index contributed by atoms with van der Waals surface area (Å²) in [5.74, 6) is 0.0883. The van der Waals surface area contributed by atoms with E-state index in [1.165, 1.54) is 11.3 Å². The molecule has 0 aliphatic carbocycles. The van der Waals surface area contributed by atoms with Gasteiger partial charge in [-0.15, -0.1) is 11.3 Å². The van der Waals surface area contributed by atoms with Crippen LogP contribution in [0.15, 0.2) is 30.7 Å². The lowest BCUT2D eigenvalue weighted by molar-refractivity contribution is -0.121. The standard InChI is InChI=1S/C18H22N4O2S/c1-12(2)15-10-20-18(25-15)21-16(23)14-4-3-9-22(11-14)17(24)13-5-7-19-8-6-13/h5-8,10,12,14H,3-4,9,11H2,1-2H3,(H,20,21,23)/t14-/m0/s1. The number of amides is 2. The Balaban J connectivity index is 1.62. The van der Waals surface area contributed by atoms with Gasteiger partial charge in [-0.25, -0.2) is 4.98 Å². The third-order valence-corrected chi connectivity index (χ3v) is 5.54. The number of carbonyl (C=O) groups excluding carboxylic acids is 2. The van der Waals surface area contributed by atoms with Crippen LogP contribution >= 0.6 is 11.3 Å². The Hall–Kier alpha value is -2.28. The van der Waals surface area contributed by atoms with Crippen LogP contribution in [0.4, 0.5) is 5.13 Å². The second-order valence-corrected chi connectivity index (χ2v) is 7.60. The molecule has 0 bridgehead atoms. The van der Waals surface area contributed by atoms with Gasteiger partial charge in [0, 0.05) is 42.1 Å². The maximum absolute atomic E-state index is 12.6. The van der Waals surface area contributed by atoms with Crippen LogP contribution in [0, 0.1) is 5.92 Å². The number of carbonyl (C=O) groups is 2. The SMILES string of the molecule is CC(C)c1cnc(NC(=O)[C@H]2CCCN(C(=O)c3ccncc3)C2)s1. The van der Waals surface area contributed by atoms with Crippen molar-refractivity contribution >= 4 is 28.3 Å². The average molecular weight is 358 g/mol. The molecule has 3 heterocycles. The fraction of sp³-hybridized carbons (Fsp3) is 0.444. The van der Waals surface area contributed by atoms with Gasteiger partial charge in [0.15, 0.2) is 5.13 Å². The number of anilines is 1. The van der Waals surface area contributed by atoms with E-state index in [1.54, 1.807) is 29.4 Å². The van der Waals surface area contributed by atoms with E-state index in [4.69, 9.17) is 0 Å². The number of pyridine rings is 1. The molecule has 3 rings (SSSR count). The van der Waals surface area contributed by atoms with Crippen LogP contribution in [-0.2, 0) is 4.79 Å². The monoisotopic (exact) mass is 358 g/mol. The molecule has 2 aromatic rings. The molecule has 1 saturated heterocycles. The predicted octanol–water partition coefficient (Wildman–Crippen LogP) is 3.15. The maximum Gasteiger partial charge on any atom is 0.253 e. The van der Waals surface area contributed by atoms with E-state index in [0.29, 0.717) is 29.7 Å². The molecular weight excluding hydrogens is 336 g/mol. The van der Waals surface area contributed by atoms with Crippen LogP contribution in [0.25, 0.3) is 0 Å². The van der Waals surface area contributed by atoms with Crippen molar-refractivity contribution < 1.29 is 9.59 Å². The van der Waals surface area contributed by atoms with Crippen LogP contribution in [0.2, 0.25) is 0 Å². The van der Waals surface area contributed by atoms with Gasteiger partial charge in [0.1, 0.15) is 0 Å². The number of piperidine rings is 1. The van der Waals surface area contributed by atoms with Crippen LogP contribution in [-0.4, -0.2) is 39.8 Å². The molecule has 0 radical (unpaired) electrons. The molecule has 6 nitrogen and oxygen atoms in total. The maximum atomic E-state index is 12.6. The number of hydrogen-bond donors (Lipinski definition) is 1. The molecule has 1 N–H and O–H groups in total. The summed E-state index contributed by atoms with van der Waals surface area (Å²) in [5.41, 5.74) is 0.609. The van der Waals surface area contributed by atoms with Crippen molar-refractivity contribution in [3.63, 3.8) is 0 Å². The summed E-state index contributed by atoms with van der Waals surface area (Å²) in [5, 5.41) is 3.54. The van der Waals surface area contributed by atoms with Gasteiger partial charge in [-0.1, -0.05) is 13.8 Å². The summed E-state index contributed by atoms with van der Waals surface area (Å²) >= 11 is 1.51. The first-order valence-electron chi connectivity index (χ1n) is 8.50. The summed E-state index contributed by atoms with van der Waals surface area (Å²) < 4.78 is 0. The quantitative estimate of drug-likeness (QED) is 0.911. The molecule has 7 heteroatoms. The second kappa shape index (κ2) is 7.74. The molecule has 0 unspecified atom stereocenters. The Morgan fingerprint density at radius 3 is 2.76 bits per heavy atom. The van der Waals surface area contributed by atoms with E-state index in [-0.39, 0.29) is 17.7 Å². The topological polar surface area (TPSA) is 75.2 Å². The Morgan fingerprint density at radius 2 is 2.08 bits per heavy atom. The van der Waals surface area contributed by atoms with Gasteiger partial charge in [0.25, 0.3) is 5.91 Å². The molecule has 1 fully saturated rings. The van der Waals surface area contributed by atoms with Crippen molar-refractivity contribution in [2.45, 2.75) is 32.6 Å². The number of nitrogens with zero attached hydrogens (tertiary/aromatic N) is 3. The van der Waals surface area contributed by atoms with E-state index >= 15 is 0 Å². The molecule has 1 aliphatic heterocycles. The smallest absolute Gasteiger partial charge is 0.253 e. The van der Waals surface area contributed by atoms with Crippen molar-refractivity contribution in [3.8, 4) is 0 Å². The van der Waals surface area contributed by atoms with Crippen molar-refractivity contribution in [3.05, 3.63) is 41.2 Å². The fourth-order valence-corrected chi connectivity index (χ4v) is 3.69. The molecule has 0 aromatic carbocycles. The lowest BCUT2D eigenvalue weighted by atomic mass is 9.96. The number of nitrogens with one attached hydrogen (secondary N) is 1. The Labute approximate surface area is 151 Å². The lowest BCUT2D eigenvalue weighted by Gasteiger charge is -2.31. The lowest BCUT2D eigenvalue weighted by Crippen LogP contribution is -2.43. The molecule has 0 saturated carbocycles. The molecule has 1 aliphatic rings. The minimum atomic E-state index is -0.203. The van der Waals surface area contributed by atoms with Crippen LogP contribution in [0.3, 0.4) is 0 Å². The van der Waals surface area contributed by atoms with E-state index in [9.17, 15) is 9.59 Å². The van der Waals surface area contributed by atoms with Crippen molar-refractivity contribution in [1.82, 2.24) is 14.9 Å². The summed E-state index contributed by atoms with van der Waals surface area (Å²) in [6, 6.07) is 3.41. The zero-order chi connectivity index (χ0) is 17.8.